The first-order chi connectivity index (χ1) is 12.7. The number of ether oxygens (including phenoxy) is 1. The van der Waals surface area contributed by atoms with Gasteiger partial charge in [-0.05, 0) is 35.9 Å². The van der Waals surface area contributed by atoms with Gasteiger partial charge in [0.1, 0.15) is 18.2 Å². The molecule has 130 valence electrons. The van der Waals surface area contributed by atoms with Gasteiger partial charge in [-0.25, -0.2) is 4.98 Å². The molecule has 1 aliphatic heterocycles. The van der Waals surface area contributed by atoms with Gasteiger partial charge in [0.15, 0.2) is 0 Å². The summed E-state index contributed by atoms with van der Waals surface area (Å²) in [5.41, 5.74) is 1.73. The minimum Gasteiger partial charge on any atom is -0.486 e. The molecule has 0 amide bonds. The Kier molecular flexibility index (Phi) is 4.58. The first-order valence-electron chi connectivity index (χ1n) is 8.22. The number of para-hydroxylation sites is 1. The summed E-state index contributed by atoms with van der Waals surface area (Å²) in [6.07, 6.45) is 3.99. The molecule has 26 heavy (non-hydrogen) atoms. The van der Waals surface area contributed by atoms with Crippen molar-refractivity contribution >= 4 is 35.0 Å². The van der Waals surface area contributed by atoms with Gasteiger partial charge in [0, 0.05) is 18.2 Å². The molecule has 0 saturated heterocycles. The Bertz CT molecular complexity index is 1070. The second-order valence-corrected chi connectivity index (χ2v) is 6.92. The minimum atomic E-state index is -0.0631. The third-order valence-corrected chi connectivity index (χ3v) is 4.99. The van der Waals surface area contributed by atoms with Crippen LogP contribution in [0, 0.1) is 0 Å². The molecule has 0 saturated carbocycles. The highest BCUT2D eigenvalue weighted by Gasteiger charge is 2.08. The lowest BCUT2D eigenvalue weighted by atomic mass is 10.2. The van der Waals surface area contributed by atoms with Crippen molar-refractivity contribution < 1.29 is 4.74 Å². The van der Waals surface area contributed by atoms with Crippen LogP contribution >= 0.6 is 11.8 Å². The van der Waals surface area contributed by atoms with Gasteiger partial charge in [0.2, 0.25) is 0 Å². The molecule has 0 bridgehead atoms. The summed E-state index contributed by atoms with van der Waals surface area (Å²) in [5.74, 6) is 2.13. The normalized spacial score (nSPS) is 15.0. The molecule has 2 aromatic carbocycles. The van der Waals surface area contributed by atoms with Gasteiger partial charge in [0.05, 0.1) is 16.8 Å². The van der Waals surface area contributed by atoms with E-state index in [2.05, 4.69) is 16.1 Å². The fourth-order valence-corrected chi connectivity index (χ4v) is 3.39. The number of aromatic nitrogens is 2. The van der Waals surface area contributed by atoms with E-state index in [1.165, 1.54) is 4.57 Å². The van der Waals surface area contributed by atoms with Crippen molar-refractivity contribution in [3.05, 3.63) is 75.2 Å². The second-order valence-electron chi connectivity index (χ2n) is 5.90. The summed E-state index contributed by atoms with van der Waals surface area (Å²) in [7, 11) is 1.72. The number of hydrogen-bond donors (Lipinski definition) is 0. The molecule has 0 N–H and O–H groups in total. The molecule has 2 heterocycles. The zero-order valence-electron chi connectivity index (χ0n) is 14.3. The van der Waals surface area contributed by atoms with Crippen LogP contribution in [0.4, 0.5) is 0 Å². The first-order valence-corrected chi connectivity index (χ1v) is 9.21. The topological polar surface area (TPSA) is 56.5 Å². The third kappa shape index (κ3) is 3.41. The van der Waals surface area contributed by atoms with E-state index in [-0.39, 0.29) is 12.2 Å². The summed E-state index contributed by atoms with van der Waals surface area (Å²) in [6.45, 7) is 0.236. The lowest BCUT2D eigenvalue weighted by Crippen LogP contribution is -2.23. The second kappa shape index (κ2) is 7.17. The number of rotatable bonds is 4. The van der Waals surface area contributed by atoms with E-state index in [9.17, 15) is 4.79 Å². The molecule has 0 atom stereocenters. The third-order valence-electron chi connectivity index (χ3n) is 4.16. The molecular formula is C20H17N3O2S. The summed E-state index contributed by atoms with van der Waals surface area (Å²) in [6, 6.07) is 15.2. The Balaban J connectivity index is 1.51. The number of fused-ring (bicyclic) bond motifs is 1. The average Bonchev–Trinajstić information content (AvgIpc) is 3.18. The molecular weight excluding hydrogens is 346 g/mol. The Morgan fingerprint density at radius 1 is 1.19 bits per heavy atom. The number of benzene rings is 2. The van der Waals surface area contributed by atoms with Crippen LogP contribution in [0.15, 0.2) is 63.2 Å². The highest BCUT2D eigenvalue weighted by Crippen LogP contribution is 2.23. The molecule has 3 aromatic rings. The predicted octanol–water partition coefficient (Wildman–Crippen LogP) is 3.63. The van der Waals surface area contributed by atoms with Crippen molar-refractivity contribution in [2.24, 2.45) is 12.0 Å². The summed E-state index contributed by atoms with van der Waals surface area (Å²) in [4.78, 5) is 22.3. The van der Waals surface area contributed by atoms with Crippen LogP contribution in [0.1, 0.15) is 11.4 Å². The Morgan fingerprint density at radius 3 is 2.77 bits per heavy atom. The molecule has 1 aromatic heterocycles. The maximum absolute atomic E-state index is 12.4. The predicted molar refractivity (Wildman–Crippen MR) is 107 cm³/mol. The monoisotopic (exact) mass is 363 g/mol. The van der Waals surface area contributed by atoms with E-state index in [0.717, 1.165) is 22.1 Å². The van der Waals surface area contributed by atoms with Gasteiger partial charge >= 0.3 is 0 Å². The van der Waals surface area contributed by atoms with Gasteiger partial charge in [-0.3, -0.25) is 14.4 Å². The first kappa shape index (κ1) is 16.6. The Morgan fingerprint density at radius 2 is 2.00 bits per heavy atom. The molecule has 0 fully saturated rings. The largest absolute Gasteiger partial charge is 0.486 e. The van der Waals surface area contributed by atoms with Gasteiger partial charge in [0.25, 0.3) is 5.56 Å². The van der Waals surface area contributed by atoms with Crippen LogP contribution in [-0.2, 0) is 13.7 Å². The van der Waals surface area contributed by atoms with Gasteiger partial charge in [-0.1, -0.05) is 24.3 Å². The molecule has 6 heteroatoms. The number of nitrogens with zero attached hydrogens (tertiary/aromatic N) is 3. The van der Waals surface area contributed by atoms with E-state index in [4.69, 9.17) is 4.74 Å². The number of aliphatic imine (C=N–C) groups is 1. The molecule has 0 spiro atoms. The van der Waals surface area contributed by atoms with Crippen molar-refractivity contribution in [2.75, 3.05) is 5.88 Å². The number of hydrogen-bond acceptors (Lipinski definition) is 5. The highest BCUT2D eigenvalue weighted by molar-refractivity contribution is 8.04. The average molecular weight is 363 g/mol. The summed E-state index contributed by atoms with van der Waals surface area (Å²) in [5, 5.41) is 0.615. The fourth-order valence-electron chi connectivity index (χ4n) is 2.72. The molecule has 0 aliphatic carbocycles. The highest BCUT2D eigenvalue weighted by atomic mass is 32.2. The van der Waals surface area contributed by atoms with Gasteiger partial charge in [-0.2, -0.15) is 0 Å². The van der Waals surface area contributed by atoms with E-state index >= 15 is 0 Å². The summed E-state index contributed by atoms with van der Waals surface area (Å²) < 4.78 is 7.37. The number of thioether (sulfide) groups is 1. The van der Waals surface area contributed by atoms with Crippen LogP contribution in [0.2, 0.25) is 0 Å². The maximum Gasteiger partial charge on any atom is 0.261 e. The summed E-state index contributed by atoms with van der Waals surface area (Å²) >= 11 is 1.72. The van der Waals surface area contributed by atoms with Crippen molar-refractivity contribution in [1.29, 1.82) is 0 Å². The molecule has 0 unspecified atom stereocenters. The Hall–Kier alpha value is -2.86. The van der Waals surface area contributed by atoms with E-state index in [0.29, 0.717) is 16.7 Å². The zero-order valence-corrected chi connectivity index (χ0v) is 15.1. The number of allylic oxidation sites excluding steroid dienone is 1. The standard InChI is InChI=1S/C20H17N3O2S/c1-23-19(22-18-5-3-2-4-17(18)20(23)24)12-25-15-8-6-14(7-9-15)10-16-11-21-13-26-16/h2-11H,12-13H2,1H3. The van der Waals surface area contributed by atoms with E-state index in [1.807, 2.05) is 48.7 Å². The van der Waals surface area contributed by atoms with E-state index < -0.39 is 0 Å². The van der Waals surface area contributed by atoms with Crippen molar-refractivity contribution in [2.45, 2.75) is 6.61 Å². The minimum absolute atomic E-state index is 0.0631. The van der Waals surface area contributed by atoms with Crippen molar-refractivity contribution in [1.82, 2.24) is 9.55 Å². The van der Waals surface area contributed by atoms with Crippen LogP contribution in [-0.4, -0.2) is 21.6 Å². The SMILES string of the molecule is Cn1c(COc2ccc(C=C3C=NCS3)cc2)nc2ccccc2c1=O. The molecule has 4 rings (SSSR count). The lowest BCUT2D eigenvalue weighted by molar-refractivity contribution is 0.289. The Labute approximate surface area is 155 Å². The fraction of sp³-hybridized carbons (Fsp3) is 0.150. The lowest BCUT2D eigenvalue weighted by Gasteiger charge is -2.11. The quantitative estimate of drug-likeness (QED) is 0.710. The van der Waals surface area contributed by atoms with Crippen LogP contribution in [0.5, 0.6) is 5.75 Å². The van der Waals surface area contributed by atoms with Crippen molar-refractivity contribution in [3.8, 4) is 5.75 Å². The molecule has 0 radical (unpaired) electrons. The maximum atomic E-state index is 12.4. The zero-order chi connectivity index (χ0) is 17.9. The van der Waals surface area contributed by atoms with Gasteiger partial charge in [-0.15, -0.1) is 11.8 Å². The van der Waals surface area contributed by atoms with Crippen LogP contribution in [0.3, 0.4) is 0 Å². The van der Waals surface area contributed by atoms with Crippen LogP contribution in [0.25, 0.3) is 17.0 Å². The van der Waals surface area contributed by atoms with Gasteiger partial charge < -0.3 is 4.74 Å². The molecule has 5 nitrogen and oxygen atoms in total. The molecule has 1 aliphatic rings. The van der Waals surface area contributed by atoms with E-state index in [1.54, 1.807) is 24.9 Å². The van der Waals surface area contributed by atoms with Crippen LogP contribution < -0.4 is 10.3 Å². The van der Waals surface area contributed by atoms with Crippen molar-refractivity contribution in [3.63, 3.8) is 0 Å². The smallest absolute Gasteiger partial charge is 0.261 e.